The molecule has 31 heavy (non-hydrogen) atoms. The zero-order valence-electron chi connectivity index (χ0n) is 17.7. The molecular formula is C24H25N3O4. The van der Waals surface area contributed by atoms with Gasteiger partial charge in [0.25, 0.3) is 0 Å². The monoisotopic (exact) mass is 419 g/mol. The summed E-state index contributed by atoms with van der Waals surface area (Å²) in [6, 6.07) is 16.2. The van der Waals surface area contributed by atoms with Gasteiger partial charge in [0, 0.05) is 11.6 Å². The van der Waals surface area contributed by atoms with Gasteiger partial charge in [0.1, 0.15) is 6.61 Å². The molecule has 0 fully saturated rings. The first-order valence-electron chi connectivity index (χ1n) is 10.2. The number of benzene rings is 2. The van der Waals surface area contributed by atoms with Crippen LogP contribution in [0.5, 0.6) is 0 Å². The minimum atomic E-state index is -1.17. The average Bonchev–Trinajstić information content (AvgIpc) is 3.26. The second kappa shape index (κ2) is 8.26. The van der Waals surface area contributed by atoms with Gasteiger partial charge >= 0.3 is 12.1 Å². The fraction of sp³-hybridized carbons (Fsp3) is 0.292. The molecule has 0 aliphatic heterocycles. The van der Waals surface area contributed by atoms with Crippen LogP contribution in [0.4, 0.5) is 4.79 Å². The van der Waals surface area contributed by atoms with Gasteiger partial charge in [-0.05, 0) is 49.1 Å². The molecule has 1 aliphatic rings. The zero-order valence-corrected chi connectivity index (χ0v) is 17.7. The van der Waals surface area contributed by atoms with Gasteiger partial charge < -0.3 is 15.2 Å². The third-order valence-electron chi connectivity index (χ3n) is 5.80. The van der Waals surface area contributed by atoms with Crippen molar-refractivity contribution < 1.29 is 19.4 Å². The Morgan fingerprint density at radius 1 is 1.10 bits per heavy atom. The summed E-state index contributed by atoms with van der Waals surface area (Å²) in [5.74, 6) is -1.23. The number of carbonyl (C=O) groups excluding carboxylic acids is 1. The topological polar surface area (TPSA) is 93.5 Å². The number of aliphatic carboxylic acids is 1. The number of amides is 1. The highest BCUT2D eigenvalue weighted by molar-refractivity contribution is 5.81. The summed E-state index contributed by atoms with van der Waals surface area (Å²) in [6.45, 7) is 5.52. The van der Waals surface area contributed by atoms with Crippen molar-refractivity contribution in [1.82, 2.24) is 15.1 Å². The molecule has 0 saturated carbocycles. The van der Waals surface area contributed by atoms with Gasteiger partial charge in [-0.1, -0.05) is 48.5 Å². The molecule has 0 spiro atoms. The lowest BCUT2D eigenvalue weighted by Gasteiger charge is -2.23. The SMILES string of the molecule is Cc1cc(C)n(C(C)C(NC(=O)OCC2c3ccccc3-c3ccccc32)C(=O)O)n1. The number of aromatic nitrogens is 2. The normalized spacial score (nSPS) is 14.4. The van der Waals surface area contributed by atoms with Crippen molar-refractivity contribution in [2.24, 2.45) is 0 Å². The fourth-order valence-corrected chi connectivity index (χ4v) is 4.36. The smallest absolute Gasteiger partial charge is 0.407 e. The lowest BCUT2D eigenvalue weighted by atomic mass is 9.98. The molecule has 2 atom stereocenters. The highest BCUT2D eigenvalue weighted by Crippen LogP contribution is 2.44. The van der Waals surface area contributed by atoms with Crippen LogP contribution in [-0.4, -0.2) is 39.6 Å². The van der Waals surface area contributed by atoms with Crippen LogP contribution in [0.2, 0.25) is 0 Å². The lowest BCUT2D eigenvalue weighted by Crippen LogP contribution is -2.46. The van der Waals surface area contributed by atoms with Crippen LogP contribution in [-0.2, 0) is 9.53 Å². The van der Waals surface area contributed by atoms with Crippen molar-refractivity contribution in [2.45, 2.75) is 38.8 Å². The Labute approximate surface area is 180 Å². The Morgan fingerprint density at radius 2 is 1.68 bits per heavy atom. The van der Waals surface area contributed by atoms with Gasteiger partial charge in [-0.2, -0.15) is 5.10 Å². The quantitative estimate of drug-likeness (QED) is 0.629. The summed E-state index contributed by atoms with van der Waals surface area (Å²) in [6.07, 6.45) is -0.761. The summed E-state index contributed by atoms with van der Waals surface area (Å²) < 4.78 is 7.11. The van der Waals surface area contributed by atoms with E-state index in [-0.39, 0.29) is 12.5 Å². The van der Waals surface area contributed by atoms with E-state index in [2.05, 4.69) is 22.5 Å². The Kier molecular flexibility index (Phi) is 5.50. The summed E-state index contributed by atoms with van der Waals surface area (Å²) in [4.78, 5) is 24.4. The Bertz CT molecular complexity index is 1090. The number of fused-ring (bicyclic) bond motifs is 3. The number of rotatable bonds is 6. The third-order valence-corrected chi connectivity index (χ3v) is 5.80. The van der Waals surface area contributed by atoms with E-state index in [9.17, 15) is 14.7 Å². The van der Waals surface area contributed by atoms with Crippen molar-refractivity contribution >= 4 is 12.1 Å². The van der Waals surface area contributed by atoms with Gasteiger partial charge in [0.05, 0.1) is 11.7 Å². The third kappa shape index (κ3) is 3.91. The molecule has 3 aromatic rings. The Balaban J connectivity index is 1.47. The van der Waals surface area contributed by atoms with E-state index in [1.165, 1.54) is 0 Å². The van der Waals surface area contributed by atoms with Crippen molar-refractivity contribution in [3.05, 3.63) is 77.1 Å². The van der Waals surface area contributed by atoms with Crippen LogP contribution in [0, 0.1) is 13.8 Å². The van der Waals surface area contributed by atoms with Gasteiger partial charge in [0.15, 0.2) is 6.04 Å². The van der Waals surface area contributed by atoms with Crippen LogP contribution >= 0.6 is 0 Å². The van der Waals surface area contributed by atoms with E-state index < -0.39 is 24.1 Å². The van der Waals surface area contributed by atoms with E-state index in [1.807, 2.05) is 56.3 Å². The van der Waals surface area contributed by atoms with Crippen LogP contribution in [0.25, 0.3) is 11.1 Å². The van der Waals surface area contributed by atoms with Crippen molar-refractivity contribution in [3.8, 4) is 11.1 Å². The maximum atomic E-state index is 12.5. The van der Waals surface area contributed by atoms with Crippen LogP contribution in [0.3, 0.4) is 0 Å². The van der Waals surface area contributed by atoms with E-state index in [4.69, 9.17) is 4.74 Å². The maximum absolute atomic E-state index is 12.5. The second-order valence-electron chi connectivity index (χ2n) is 7.90. The second-order valence-corrected chi connectivity index (χ2v) is 7.90. The van der Waals surface area contributed by atoms with E-state index >= 15 is 0 Å². The first kappa shape index (κ1) is 20.7. The van der Waals surface area contributed by atoms with Crippen LogP contribution in [0.1, 0.15) is 41.4 Å². The van der Waals surface area contributed by atoms with E-state index in [0.717, 1.165) is 33.6 Å². The minimum Gasteiger partial charge on any atom is -0.480 e. The van der Waals surface area contributed by atoms with Crippen molar-refractivity contribution in [3.63, 3.8) is 0 Å². The highest BCUT2D eigenvalue weighted by atomic mass is 16.5. The average molecular weight is 419 g/mol. The fourth-order valence-electron chi connectivity index (χ4n) is 4.36. The van der Waals surface area contributed by atoms with Gasteiger partial charge in [0.2, 0.25) is 0 Å². The first-order valence-corrected chi connectivity index (χ1v) is 10.2. The molecule has 1 aliphatic carbocycles. The molecule has 4 rings (SSSR count). The van der Waals surface area contributed by atoms with Gasteiger partial charge in [-0.15, -0.1) is 0 Å². The van der Waals surface area contributed by atoms with Crippen molar-refractivity contribution in [1.29, 1.82) is 0 Å². The first-order chi connectivity index (χ1) is 14.9. The predicted octanol–water partition coefficient (Wildman–Crippen LogP) is 4.05. The molecule has 2 N–H and O–H groups in total. The number of ether oxygens (including phenoxy) is 1. The Morgan fingerprint density at radius 3 is 2.19 bits per heavy atom. The van der Waals surface area contributed by atoms with Crippen LogP contribution in [0.15, 0.2) is 54.6 Å². The molecule has 2 unspecified atom stereocenters. The van der Waals surface area contributed by atoms with E-state index in [0.29, 0.717) is 0 Å². The minimum absolute atomic E-state index is 0.0881. The highest BCUT2D eigenvalue weighted by Gasteiger charge is 2.32. The zero-order chi connectivity index (χ0) is 22.1. The summed E-state index contributed by atoms with van der Waals surface area (Å²) in [7, 11) is 0. The number of carbonyl (C=O) groups is 2. The van der Waals surface area contributed by atoms with Gasteiger partial charge in [-0.3, -0.25) is 4.68 Å². The molecule has 0 radical (unpaired) electrons. The number of hydrogen-bond donors (Lipinski definition) is 2. The number of aryl methyl sites for hydroxylation is 2. The van der Waals surface area contributed by atoms with Gasteiger partial charge in [-0.25, -0.2) is 9.59 Å². The molecule has 7 heteroatoms. The number of alkyl carbamates (subject to hydrolysis) is 1. The number of nitrogens with zero attached hydrogens (tertiary/aromatic N) is 2. The molecule has 7 nitrogen and oxygen atoms in total. The molecule has 0 saturated heterocycles. The lowest BCUT2D eigenvalue weighted by molar-refractivity contribution is -0.140. The number of nitrogens with one attached hydrogen (secondary N) is 1. The number of hydrogen-bond acceptors (Lipinski definition) is 4. The summed E-state index contributed by atoms with van der Waals surface area (Å²) >= 11 is 0. The summed E-state index contributed by atoms with van der Waals surface area (Å²) in [5, 5.41) is 16.5. The molecule has 160 valence electrons. The largest absolute Gasteiger partial charge is 0.480 e. The molecular weight excluding hydrogens is 394 g/mol. The van der Waals surface area contributed by atoms with Crippen LogP contribution < -0.4 is 5.32 Å². The summed E-state index contributed by atoms with van der Waals surface area (Å²) in [5.41, 5.74) is 6.08. The number of carboxylic acids is 1. The Hall–Kier alpha value is -3.61. The standard InChI is InChI=1S/C24H25N3O4/c1-14-12-15(2)27(26-14)16(3)22(23(28)29)25-24(30)31-13-21-19-10-6-4-8-17(19)18-9-5-7-11-20(18)21/h4-12,16,21-22H,13H2,1-3H3,(H,25,30)(H,28,29). The predicted molar refractivity (Wildman–Crippen MR) is 116 cm³/mol. The molecule has 1 aromatic heterocycles. The number of carboxylic acid groups (broad SMARTS) is 1. The molecule has 2 aromatic carbocycles. The molecule has 1 heterocycles. The molecule has 1 amide bonds. The van der Waals surface area contributed by atoms with Crippen molar-refractivity contribution in [2.75, 3.05) is 6.61 Å². The molecule has 0 bridgehead atoms. The maximum Gasteiger partial charge on any atom is 0.407 e. The van der Waals surface area contributed by atoms with E-state index in [1.54, 1.807) is 11.6 Å².